The Labute approximate surface area is 122 Å². The van der Waals surface area contributed by atoms with Crippen molar-refractivity contribution >= 4 is 17.5 Å². The number of aromatic amines is 1. The zero-order valence-corrected chi connectivity index (χ0v) is 11.7. The number of hydrogen-bond acceptors (Lipinski definition) is 3. The van der Waals surface area contributed by atoms with Crippen molar-refractivity contribution in [3.8, 4) is 0 Å². The Kier molecular flexibility index (Phi) is 3.69. The van der Waals surface area contributed by atoms with Gasteiger partial charge in [-0.1, -0.05) is 11.6 Å². The van der Waals surface area contributed by atoms with Gasteiger partial charge in [-0.15, -0.1) is 0 Å². The Hall–Kier alpha value is -1.88. The van der Waals surface area contributed by atoms with E-state index in [4.69, 9.17) is 11.6 Å². The van der Waals surface area contributed by atoms with Crippen LogP contribution in [0.4, 0.5) is 0 Å². The van der Waals surface area contributed by atoms with Crippen LogP contribution in [0.2, 0.25) is 5.15 Å². The Morgan fingerprint density at radius 2 is 2.30 bits per heavy atom. The molecule has 2 aromatic heterocycles. The molecule has 3 heterocycles. The van der Waals surface area contributed by atoms with Gasteiger partial charge in [0.2, 0.25) is 0 Å². The summed E-state index contributed by atoms with van der Waals surface area (Å²) in [5.74, 6) is 0.262. The lowest BCUT2D eigenvalue weighted by Gasteiger charge is -2.32. The van der Waals surface area contributed by atoms with Crippen LogP contribution in [0.5, 0.6) is 0 Å². The van der Waals surface area contributed by atoms with Gasteiger partial charge < -0.3 is 4.90 Å². The van der Waals surface area contributed by atoms with E-state index in [-0.39, 0.29) is 11.1 Å². The molecule has 1 fully saturated rings. The molecule has 6 heteroatoms. The lowest BCUT2D eigenvalue weighted by Crippen LogP contribution is -2.39. The number of amides is 1. The van der Waals surface area contributed by atoms with Crippen molar-refractivity contribution in [2.45, 2.75) is 18.8 Å². The van der Waals surface area contributed by atoms with Crippen molar-refractivity contribution in [2.75, 3.05) is 13.1 Å². The highest BCUT2D eigenvalue weighted by molar-refractivity contribution is 6.32. The first-order valence-corrected chi connectivity index (χ1v) is 7.02. The fourth-order valence-corrected chi connectivity index (χ4v) is 2.83. The van der Waals surface area contributed by atoms with Crippen molar-refractivity contribution < 1.29 is 4.79 Å². The van der Waals surface area contributed by atoms with Crippen molar-refractivity contribution in [3.05, 3.63) is 47.0 Å². The maximum Gasteiger partial charge on any atom is 0.257 e. The number of likely N-dealkylation sites (tertiary alicyclic amines) is 1. The Morgan fingerprint density at radius 3 is 3.05 bits per heavy atom. The molecule has 0 aliphatic carbocycles. The van der Waals surface area contributed by atoms with Gasteiger partial charge in [0.1, 0.15) is 5.15 Å². The van der Waals surface area contributed by atoms with Crippen LogP contribution in [0.3, 0.4) is 0 Å². The van der Waals surface area contributed by atoms with Gasteiger partial charge in [-0.25, -0.2) is 4.98 Å². The zero-order chi connectivity index (χ0) is 13.9. The molecule has 5 nitrogen and oxygen atoms in total. The molecule has 2 aromatic rings. The molecule has 20 heavy (non-hydrogen) atoms. The third kappa shape index (κ3) is 2.54. The third-order valence-corrected chi connectivity index (χ3v) is 3.96. The average molecular weight is 291 g/mol. The molecule has 1 atom stereocenters. The molecule has 0 aromatic carbocycles. The number of carbonyl (C=O) groups excluding carboxylic acids is 1. The molecule has 1 unspecified atom stereocenters. The van der Waals surface area contributed by atoms with Crippen LogP contribution in [0, 0.1) is 0 Å². The molecule has 1 aliphatic rings. The normalized spacial score (nSPS) is 19.1. The van der Waals surface area contributed by atoms with Crippen LogP contribution in [-0.4, -0.2) is 39.1 Å². The lowest BCUT2D eigenvalue weighted by atomic mass is 9.94. The van der Waals surface area contributed by atoms with Crippen molar-refractivity contribution in [2.24, 2.45) is 0 Å². The number of pyridine rings is 1. The third-order valence-electron chi connectivity index (χ3n) is 3.66. The first-order valence-electron chi connectivity index (χ1n) is 6.65. The molecule has 1 amide bonds. The number of H-pyrrole nitrogens is 1. The number of carbonyl (C=O) groups is 1. The summed E-state index contributed by atoms with van der Waals surface area (Å²) in [6.45, 7) is 1.45. The zero-order valence-electron chi connectivity index (χ0n) is 10.9. The summed E-state index contributed by atoms with van der Waals surface area (Å²) in [4.78, 5) is 18.3. The van der Waals surface area contributed by atoms with Gasteiger partial charge in [0, 0.05) is 37.1 Å². The Morgan fingerprint density at radius 1 is 1.40 bits per heavy atom. The van der Waals surface area contributed by atoms with E-state index in [0.29, 0.717) is 18.0 Å². The van der Waals surface area contributed by atoms with Crippen LogP contribution >= 0.6 is 11.6 Å². The van der Waals surface area contributed by atoms with E-state index < -0.39 is 0 Å². The lowest BCUT2D eigenvalue weighted by molar-refractivity contribution is 0.0705. The van der Waals surface area contributed by atoms with E-state index in [0.717, 1.165) is 25.1 Å². The number of rotatable bonds is 2. The first-order chi connectivity index (χ1) is 9.75. The molecule has 0 bridgehead atoms. The van der Waals surface area contributed by atoms with Gasteiger partial charge in [-0.05, 0) is 31.0 Å². The molecule has 0 saturated carbocycles. The number of aromatic nitrogens is 3. The minimum absolute atomic E-state index is 0.0488. The molecule has 0 radical (unpaired) electrons. The van der Waals surface area contributed by atoms with Gasteiger partial charge in [0.05, 0.1) is 5.56 Å². The van der Waals surface area contributed by atoms with Crippen LogP contribution < -0.4 is 0 Å². The quantitative estimate of drug-likeness (QED) is 0.864. The molecular formula is C14H15ClN4O. The summed E-state index contributed by atoms with van der Waals surface area (Å²) in [5.41, 5.74) is 1.55. The number of nitrogens with zero attached hydrogens (tertiary/aromatic N) is 3. The maximum absolute atomic E-state index is 12.5. The molecular weight excluding hydrogens is 276 g/mol. The van der Waals surface area contributed by atoms with Crippen LogP contribution in [0.25, 0.3) is 0 Å². The monoisotopic (exact) mass is 290 g/mol. The van der Waals surface area contributed by atoms with Gasteiger partial charge in [-0.3, -0.25) is 9.89 Å². The summed E-state index contributed by atoms with van der Waals surface area (Å²) < 4.78 is 0. The second-order valence-corrected chi connectivity index (χ2v) is 5.30. The molecule has 1 N–H and O–H groups in total. The first kappa shape index (κ1) is 13.1. The molecule has 1 aliphatic heterocycles. The van der Waals surface area contributed by atoms with Gasteiger partial charge in [-0.2, -0.15) is 5.10 Å². The minimum Gasteiger partial charge on any atom is -0.338 e. The molecule has 0 spiro atoms. The van der Waals surface area contributed by atoms with Crippen LogP contribution in [-0.2, 0) is 0 Å². The summed E-state index contributed by atoms with van der Waals surface area (Å²) in [6.07, 6.45) is 5.37. The smallest absolute Gasteiger partial charge is 0.257 e. The summed E-state index contributed by atoms with van der Waals surface area (Å²) in [6, 6.07) is 5.42. The molecule has 104 valence electrons. The Balaban J connectivity index is 1.77. The predicted molar refractivity (Wildman–Crippen MR) is 75.7 cm³/mol. The second kappa shape index (κ2) is 5.63. The fourth-order valence-electron chi connectivity index (χ4n) is 2.63. The summed E-state index contributed by atoms with van der Waals surface area (Å²) in [7, 11) is 0. The number of halogens is 1. The van der Waals surface area contributed by atoms with E-state index >= 15 is 0 Å². The van der Waals surface area contributed by atoms with Crippen molar-refractivity contribution in [3.63, 3.8) is 0 Å². The average Bonchev–Trinajstić information content (AvgIpc) is 3.01. The number of hydrogen-bond donors (Lipinski definition) is 1. The van der Waals surface area contributed by atoms with E-state index in [1.807, 2.05) is 11.0 Å². The topological polar surface area (TPSA) is 61.9 Å². The minimum atomic E-state index is -0.0488. The van der Waals surface area contributed by atoms with Crippen molar-refractivity contribution in [1.29, 1.82) is 0 Å². The SMILES string of the molecule is O=C(c1cccnc1Cl)N1CCCC(c2ccn[nH]2)C1. The second-order valence-electron chi connectivity index (χ2n) is 4.94. The highest BCUT2D eigenvalue weighted by Gasteiger charge is 2.27. The van der Waals surface area contributed by atoms with Gasteiger partial charge in [0.15, 0.2) is 0 Å². The standard InChI is InChI=1S/C14H15ClN4O/c15-13-11(4-1-6-16-13)14(20)19-8-2-3-10(9-19)12-5-7-17-18-12/h1,4-7,10H,2-3,8-9H2,(H,17,18). The van der Waals surface area contributed by atoms with Crippen LogP contribution in [0.15, 0.2) is 30.6 Å². The van der Waals surface area contributed by atoms with Gasteiger partial charge in [0.25, 0.3) is 5.91 Å². The van der Waals surface area contributed by atoms with E-state index in [1.54, 1.807) is 24.5 Å². The number of piperidine rings is 1. The van der Waals surface area contributed by atoms with Crippen molar-refractivity contribution in [1.82, 2.24) is 20.1 Å². The molecule has 3 rings (SSSR count). The maximum atomic E-state index is 12.5. The van der Waals surface area contributed by atoms with Gasteiger partial charge >= 0.3 is 0 Å². The Bertz CT molecular complexity index is 599. The highest BCUT2D eigenvalue weighted by atomic mass is 35.5. The van der Waals surface area contributed by atoms with Crippen LogP contribution in [0.1, 0.15) is 34.8 Å². The fraction of sp³-hybridized carbons (Fsp3) is 0.357. The van der Waals surface area contributed by atoms with E-state index in [2.05, 4.69) is 15.2 Å². The summed E-state index contributed by atoms with van der Waals surface area (Å²) in [5, 5.41) is 7.24. The predicted octanol–water partition coefficient (Wildman–Crippen LogP) is 2.48. The van der Waals surface area contributed by atoms with E-state index in [9.17, 15) is 4.79 Å². The number of nitrogens with one attached hydrogen (secondary N) is 1. The highest BCUT2D eigenvalue weighted by Crippen LogP contribution is 2.27. The largest absolute Gasteiger partial charge is 0.338 e. The van der Waals surface area contributed by atoms with E-state index in [1.165, 1.54) is 0 Å². The summed E-state index contributed by atoms with van der Waals surface area (Å²) >= 11 is 6.00. The molecule has 1 saturated heterocycles.